The van der Waals surface area contributed by atoms with Crippen molar-refractivity contribution in [3.05, 3.63) is 54.1 Å². The van der Waals surface area contributed by atoms with Gasteiger partial charge in [-0.1, -0.05) is 24.3 Å². The molecule has 1 aliphatic heterocycles. The van der Waals surface area contributed by atoms with Crippen molar-refractivity contribution >= 4 is 10.8 Å². The summed E-state index contributed by atoms with van der Waals surface area (Å²) in [6, 6.07) is 14.7. The standard InChI is InChI=1S/C16H17NO3S/c17-14(11-21(18)13-4-2-1-3-5-13)12-6-7-15-16(10-12)20-9-8-19-15/h1-7,10,14H,8-9,11,17H2. The molecule has 0 aromatic heterocycles. The maximum absolute atomic E-state index is 12.3. The van der Waals surface area contributed by atoms with E-state index in [4.69, 9.17) is 15.2 Å². The second-order valence-corrected chi connectivity index (χ2v) is 6.33. The van der Waals surface area contributed by atoms with Crippen molar-refractivity contribution in [3.63, 3.8) is 0 Å². The normalized spacial score (nSPS) is 16.2. The first-order valence-electron chi connectivity index (χ1n) is 6.82. The summed E-state index contributed by atoms with van der Waals surface area (Å²) < 4.78 is 23.3. The van der Waals surface area contributed by atoms with Gasteiger partial charge in [0.15, 0.2) is 11.5 Å². The fourth-order valence-corrected chi connectivity index (χ4v) is 3.39. The summed E-state index contributed by atoms with van der Waals surface area (Å²) in [6.07, 6.45) is 0. The molecule has 0 saturated heterocycles. The van der Waals surface area contributed by atoms with Gasteiger partial charge in [0, 0.05) is 16.7 Å². The molecule has 4 nitrogen and oxygen atoms in total. The lowest BCUT2D eigenvalue weighted by Gasteiger charge is -2.20. The van der Waals surface area contributed by atoms with Crippen LogP contribution < -0.4 is 15.2 Å². The first-order chi connectivity index (χ1) is 10.2. The molecule has 0 bridgehead atoms. The third-order valence-electron chi connectivity index (χ3n) is 3.33. The van der Waals surface area contributed by atoms with Crippen LogP contribution in [0.15, 0.2) is 53.4 Å². The van der Waals surface area contributed by atoms with E-state index in [1.165, 1.54) is 0 Å². The molecule has 0 aliphatic carbocycles. The Kier molecular flexibility index (Phi) is 4.22. The molecule has 0 amide bonds. The van der Waals surface area contributed by atoms with Gasteiger partial charge in [0.2, 0.25) is 0 Å². The Morgan fingerprint density at radius 2 is 1.76 bits per heavy atom. The third-order valence-corrected chi connectivity index (χ3v) is 4.79. The van der Waals surface area contributed by atoms with Crippen LogP contribution in [-0.2, 0) is 10.8 Å². The molecule has 2 N–H and O–H groups in total. The van der Waals surface area contributed by atoms with Gasteiger partial charge in [-0.2, -0.15) is 0 Å². The van der Waals surface area contributed by atoms with E-state index in [0.29, 0.717) is 24.7 Å². The molecule has 0 radical (unpaired) electrons. The van der Waals surface area contributed by atoms with Gasteiger partial charge in [0.05, 0.1) is 10.8 Å². The molecule has 21 heavy (non-hydrogen) atoms. The lowest BCUT2D eigenvalue weighted by atomic mass is 10.1. The van der Waals surface area contributed by atoms with E-state index in [0.717, 1.165) is 16.2 Å². The highest BCUT2D eigenvalue weighted by Gasteiger charge is 2.16. The van der Waals surface area contributed by atoms with Crippen LogP contribution in [-0.4, -0.2) is 23.2 Å². The van der Waals surface area contributed by atoms with Crippen LogP contribution in [0.4, 0.5) is 0 Å². The molecule has 2 unspecified atom stereocenters. The van der Waals surface area contributed by atoms with Crippen LogP contribution in [0, 0.1) is 0 Å². The number of ether oxygens (including phenoxy) is 2. The van der Waals surface area contributed by atoms with E-state index in [9.17, 15) is 4.21 Å². The van der Waals surface area contributed by atoms with Crippen molar-refractivity contribution < 1.29 is 13.7 Å². The summed E-state index contributed by atoms with van der Waals surface area (Å²) in [4.78, 5) is 0.797. The minimum Gasteiger partial charge on any atom is -0.486 e. The minimum absolute atomic E-state index is 0.304. The van der Waals surface area contributed by atoms with Crippen LogP contribution in [0.25, 0.3) is 0 Å². The highest BCUT2D eigenvalue weighted by atomic mass is 32.2. The molecular weight excluding hydrogens is 286 g/mol. The fourth-order valence-electron chi connectivity index (χ4n) is 2.22. The summed E-state index contributed by atoms with van der Waals surface area (Å²) >= 11 is 0. The molecule has 5 heteroatoms. The van der Waals surface area contributed by atoms with Gasteiger partial charge < -0.3 is 15.2 Å². The summed E-state index contributed by atoms with van der Waals surface area (Å²) in [5, 5.41) is 0. The van der Waals surface area contributed by atoms with Crippen LogP contribution in [0.2, 0.25) is 0 Å². The SMILES string of the molecule is NC(CS(=O)c1ccccc1)c1ccc2c(c1)OCCO2. The van der Waals surface area contributed by atoms with Crippen molar-refractivity contribution in [3.8, 4) is 11.5 Å². The number of rotatable bonds is 4. The monoisotopic (exact) mass is 303 g/mol. The van der Waals surface area contributed by atoms with Crippen molar-refractivity contribution in [2.45, 2.75) is 10.9 Å². The Balaban J connectivity index is 1.73. The molecule has 110 valence electrons. The van der Waals surface area contributed by atoms with Gasteiger partial charge in [-0.05, 0) is 29.8 Å². The zero-order chi connectivity index (χ0) is 14.7. The third kappa shape index (κ3) is 3.25. The molecule has 2 aromatic rings. The molecule has 2 atom stereocenters. The van der Waals surface area contributed by atoms with Crippen LogP contribution in [0.5, 0.6) is 11.5 Å². The quantitative estimate of drug-likeness (QED) is 0.941. The molecular formula is C16H17NO3S. The maximum Gasteiger partial charge on any atom is 0.161 e. The summed E-state index contributed by atoms with van der Waals surface area (Å²) in [5.74, 6) is 1.82. The molecule has 0 fully saturated rings. The Bertz CT molecular complexity index is 645. The van der Waals surface area contributed by atoms with E-state index in [2.05, 4.69) is 0 Å². The van der Waals surface area contributed by atoms with Crippen molar-refractivity contribution in [1.29, 1.82) is 0 Å². The molecule has 0 spiro atoms. The second kappa shape index (κ2) is 6.28. The van der Waals surface area contributed by atoms with Crippen molar-refractivity contribution in [1.82, 2.24) is 0 Å². The van der Waals surface area contributed by atoms with Crippen LogP contribution >= 0.6 is 0 Å². The van der Waals surface area contributed by atoms with Crippen LogP contribution in [0.3, 0.4) is 0 Å². The first-order valence-corrected chi connectivity index (χ1v) is 8.14. The second-order valence-electron chi connectivity index (χ2n) is 4.83. The molecule has 2 aromatic carbocycles. The fraction of sp³-hybridized carbons (Fsp3) is 0.250. The van der Waals surface area contributed by atoms with E-state index in [1.807, 2.05) is 48.5 Å². The Labute approximate surface area is 126 Å². The topological polar surface area (TPSA) is 61.6 Å². The molecule has 0 saturated carbocycles. The van der Waals surface area contributed by atoms with E-state index >= 15 is 0 Å². The predicted molar refractivity (Wildman–Crippen MR) is 82.1 cm³/mol. The lowest BCUT2D eigenvalue weighted by Crippen LogP contribution is -2.20. The van der Waals surface area contributed by atoms with E-state index < -0.39 is 10.8 Å². The smallest absolute Gasteiger partial charge is 0.161 e. The predicted octanol–water partition coefficient (Wildman–Crippen LogP) is 2.27. The Hall–Kier alpha value is -1.85. The van der Waals surface area contributed by atoms with Gasteiger partial charge in [-0.3, -0.25) is 4.21 Å². The van der Waals surface area contributed by atoms with Gasteiger partial charge >= 0.3 is 0 Å². The summed E-state index contributed by atoms with van der Waals surface area (Å²) in [7, 11) is -1.11. The van der Waals surface area contributed by atoms with Crippen LogP contribution in [0.1, 0.15) is 11.6 Å². The summed E-state index contributed by atoms with van der Waals surface area (Å²) in [6.45, 7) is 1.11. The zero-order valence-electron chi connectivity index (χ0n) is 11.5. The Morgan fingerprint density at radius 1 is 1.05 bits per heavy atom. The largest absolute Gasteiger partial charge is 0.486 e. The Morgan fingerprint density at radius 3 is 2.52 bits per heavy atom. The minimum atomic E-state index is -1.11. The summed E-state index contributed by atoms with van der Waals surface area (Å²) in [5.41, 5.74) is 7.08. The van der Waals surface area contributed by atoms with E-state index in [-0.39, 0.29) is 6.04 Å². The van der Waals surface area contributed by atoms with Gasteiger partial charge in [-0.15, -0.1) is 0 Å². The number of hydrogen-bond donors (Lipinski definition) is 1. The first kappa shape index (κ1) is 14.1. The number of nitrogens with two attached hydrogens (primary N) is 1. The van der Waals surface area contributed by atoms with Gasteiger partial charge in [0.25, 0.3) is 0 Å². The van der Waals surface area contributed by atoms with Crippen molar-refractivity contribution in [2.75, 3.05) is 19.0 Å². The van der Waals surface area contributed by atoms with E-state index in [1.54, 1.807) is 0 Å². The maximum atomic E-state index is 12.3. The molecule has 3 rings (SSSR count). The van der Waals surface area contributed by atoms with Crippen molar-refractivity contribution in [2.24, 2.45) is 5.73 Å². The van der Waals surface area contributed by atoms with Gasteiger partial charge in [-0.25, -0.2) is 0 Å². The number of benzene rings is 2. The number of hydrogen-bond acceptors (Lipinski definition) is 4. The highest BCUT2D eigenvalue weighted by Crippen LogP contribution is 2.32. The van der Waals surface area contributed by atoms with Gasteiger partial charge in [0.1, 0.15) is 13.2 Å². The lowest BCUT2D eigenvalue weighted by molar-refractivity contribution is 0.171. The average Bonchev–Trinajstić information content (AvgIpc) is 2.55. The highest BCUT2D eigenvalue weighted by molar-refractivity contribution is 7.85. The zero-order valence-corrected chi connectivity index (χ0v) is 12.3. The average molecular weight is 303 g/mol. The molecule has 1 heterocycles. The number of fused-ring (bicyclic) bond motifs is 1. The molecule has 1 aliphatic rings.